The topological polar surface area (TPSA) is 29.5 Å². The zero-order valence-electron chi connectivity index (χ0n) is 21.8. The summed E-state index contributed by atoms with van der Waals surface area (Å²) < 4.78 is 5.90. The van der Waals surface area contributed by atoms with E-state index in [0.29, 0.717) is 5.75 Å². The van der Waals surface area contributed by atoms with Crippen LogP contribution in [0.25, 0.3) is 11.1 Å². The first-order chi connectivity index (χ1) is 14.7. The minimum absolute atomic E-state index is 0.0341. The normalized spacial score (nSPS) is 15.7. The van der Waals surface area contributed by atoms with Crippen molar-refractivity contribution in [3.05, 3.63) is 69.3 Å². The van der Waals surface area contributed by atoms with Gasteiger partial charge in [-0.2, -0.15) is 0 Å². The molecule has 2 aromatic carbocycles. The van der Waals surface area contributed by atoms with E-state index in [0.717, 1.165) is 28.0 Å². The summed E-state index contributed by atoms with van der Waals surface area (Å²) in [7, 11) is 1.74. The lowest BCUT2D eigenvalue weighted by Gasteiger charge is -2.29. The fraction of sp³-hybridized carbons (Fsp3) is 0.467. The zero-order valence-corrected chi connectivity index (χ0v) is 21.8. The van der Waals surface area contributed by atoms with Crippen LogP contribution in [0.4, 0.5) is 0 Å². The smallest absolute Gasteiger partial charge is 0.127 e. The van der Waals surface area contributed by atoms with Gasteiger partial charge in [0, 0.05) is 22.6 Å². The first-order valence-electron chi connectivity index (χ1n) is 11.6. The van der Waals surface area contributed by atoms with Crippen LogP contribution in [0.5, 0.6) is 11.5 Å². The Morgan fingerprint density at radius 1 is 0.781 bits per heavy atom. The van der Waals surface area contributed by atoms with Gasteiger partial charge in [0.05, 0.1) is 7.11 Å². The first kappa shape index (κ1) is 24.2. The number of hydrogen-bond acceptors (Lipinski definition) is 2. The van der Waals surface area contributed by atoms with Crippen LogP contribution in [0.2, 0.25) is 0 Å². The van der Waals surface area contributed by atoms with Gasteiger partial charge in [0.1, 0.15) is 11.5 Å². The Labute approximate surface area is 195 Å². The number of ether oxygens (including phenoxy) is 1. The highest BCUT2D eigenvalue weighted by atomic mass is 16.5. The molecule has 0 saturated heterocycles. The van der Waals surface area contributed by atoms with Crippen LogP contribution in [0.3, 0.4) is 0 Å². The van der Waals surface area contributed by atoms with Gasteiger partial charge < -0.3 is 9.84 Å². The minimum atomic E-state index is -0.175. The van der Waals surface area contributed by atoms with Crippen molar-refractivity contribution in [1.29, 1.82) is 0 Å². The van der Waals surface area contributed by atoms with Crippen molar-refractivity contribution in [1.82, 2.24) is 0 Å². The van der Waals surface area contributed by atoms with E-state index >= 15 is 0 Å². The molecule has 0 unspecified atom stereocenters. The largest absolute Gasteiger partial charge is 0.507 e. The molecule has 2 heteroatoms. The van der Waals surface area contributed by atoms with Crippen molar-refractivity contribution in [2.24, 2.45) is 0 Å². The number of aromatic hydroxyl groups is 1. The maximum absolute atomic E-state index is 11.6. The van der Waals surface area contributed by atoms with Gasteiger partial charge in [-0.25, -0.2) is 0 Å². The van der Waals surface area contributed by atoms with E-state index in [1.807, 2.05) is 12.1 Å². The summed E-state index contributed by atoms with van der Waals surface area (Å²) in [5.74, 6) is 1.39. The summed E-state index contributed by atoms with van der Waals surface area (Å²) in [5, 5.41) is 11.6. The molecule has 2 nitrogen and oxygen atoms in total. The van der Waals surface area contributed by atoms with Gasteiger partial charge in [0.25, 0.3) is 0 Å². The summed E-state index contributed by atoms with van der Waals surface area (Å²) >= 11 is 0. The Balaban J connectivity index is 2.43. The maximum atomic E-state index is 11.6. The molecule has 172 valence electrons. The fourth-order valence-corrected chi connectivity index (χ4v) is 4.88. The van der Waals surface area contributed by atoms with E-state index in [1.165, 1.54) is 27.9 Å². The van der Waals surface area contributed by atoms with Crippen molar-refractivity contribution >= 4 is 0 Å². The average molecular weight is 433 g/mol. The molecule has 32 heavy (non-hydrogen) atoms. The van der Waals surface area contributed by atoms with E-state index in [9.17, 15) is 5.11 Å². The molecule has 0 bridgehead atoms. The van der Waals surface area contributed by atoms with E-state index < -0.39 is 0 Å². The second kappa shape index (κ2) is 8.14. The molecule has 0 amide bonds. The van der Waals surface area contributed by atoms with Crippen molar-refractivity contribution in [2.45, 2.75) is 86.0 Å². The van der Waals surface area contributed by atoms with Crippen LogP contribution >= 0.6 is 0 Å². The number of phenolic OH excluding ortho intramolecular Hbond substituents is 1. The molecular weight excluding hydrogens is 392 g/mol. The molecule has 0 spiro atoms. The van der Waals surface area contributed by atoms with E-state index in [1.54, 1.807) is 7.11 Å². The van der Waals surface area contributed by atoms with Gasteiger partial charge in [-0.05, 0) is 72.9 Å². The third kappa shape index (κ3) is 4.00. The number of phenols is 1. The van der Waals surface area contributed by atoms with E-state index in [-0.39, 0.29) is 16.7 Å². The molecule has 0 radical (unpaired) electrons. The highest BCUT2D eigenvalue weighted by Crippen LogP contribution is 2.51. The van der Waals surface area contributed by atoms with Gasteiger partial charge in [-0.3, -0.25) is 0 Å². The second-order valence-electron chi connectivity index (χ2n) is 11.4. The summed E-state index contributed by atoms with van der Waals surface area (Å²) in [6, 6.07) is 10.6. The van der Waals surface area contributed by atoms with Crippen molar-refractivity contribution in [2.75, 3.05) is 7.11 Å². The number of rotatable bonds is 3. The van der Waals surface area contributed by atoms with Crippen LogP contribution in [0.15, 0.2) is 52.6 Å². The fourth-order valence-electron chi connectivity index (χ4n) is 4.88. The predicted molar refractivity (Wildman–Crippen MR) is 137 cm³/mol. The molecular formula is C30H40O2. The number of hydrogen-bond donors (Lipinski definition) is 1. The standard InChI is InChI=1S/C30H40O2/c1-17-18(2)20(4)26(19(17)3)27-22(13-12-14-25(27)32-11)23-15-21(29(5,6)7)16-24(28(23)31)30(8,9)10/h12-16,26,31H,1-11H3. The Kier molecular flexibility index (Phi) is 6.15. The van der Waals surface area contributed by atoms with E-state index in [2.05, 4.69) is 87.4 Å². The molecule has 1 aliphatic carbocycles. The lowest BCUT2D eigenvalue weighted by atomic mass is 9.76. The minimum Gasteiger partial charge on any atom is -0.507 e. The Bertz CT molecular complexity index is 1090. The van der Waals surface area contributed by atoms with Gasteiger partial charge >= 0.3 is 0 Å². The quantitative estimate of drug-likeness (QED) is 0.527. The number of allylic oxidation sites excluding steroid dienone is 4. The van der Waals surface area contributed by atoms with Crippen LogP contribution in [0, 0.1) is 0 Å². The van der Waals surface area contributed by atoms with Gasteiger partial charge in [-0.15, -0.1) is 0 Å². The Morgan fingerprint density at radius 2 is 1.34 bits per heavy atom. The Hall–Kier alpha value is -2.48. The summed E-state index contributed by atoms with van der Waals surface area (Å²) in [4.78, 5) is 0. The van der Waals surface area contributed by atoms with Gasteiger partial charge in [0.2, 0.25) is 0 Å². The molecule has 2 aromatic rings. The molecule has 0 fully saturated rings. The monoisotopic (exact) mass is 432 g/mol. The van der Waals surface area contributed by atoms with Crippen molar-refractivity contribution in [3.8, 4) is 22.6 Å². The number of benzene rings is 2. The molecule has 0 atom stereocenters. The first-order valence-corrected chi connectivity index (χ1v) is 11.6. The summed E-state index contributed by atoms with van der Waals surface area (Å²) in [5.41, 5.74) is 10.5. The maximum Gasteiger partial charge on any atom is 0.127 e. The van der Waals surface area contributed by atoms with Crippen LogP contribution in [0.1, 0.15) is 91.8 Å². The van der Waals surface area contributed by atoms with Crippen molar-refractivity contribution < 1.29 is 9.84 Å². The third-order valence-electron chi connectivity index (χ3n) is 7.26. The molecule has 0 aliphatic heterocycles. The van der Waals surface area contributed by atoms with Gasteiger partial charge in [-0.1, -0.05) is 70.9 Å². The molecule has 3 rings (SSSR count). The highest BCUT2D eigenvalue weighted by molar-refractivity contribution is 5.80. The van der Waals surface area contributed by atoms with Crippen LogP contribution < -0.4 is 4.74 Å². The predicted octanol–water partition coefficient (Wildman–Crippen LogP) is 8.43. The molecule has 0 heterocycles. The van der Waals surface area contributed by atoms with Crippen LogP contribution in [-0.2, 0) is 10.8 Å². The molecule has 1 aliphatic rings. The number of methoxy groups -OCH3 is 1. The summed E-state index contributed by atoms with van der Waals surface area (Å²) in [6.45, 7) is 22.0. The molecule has 1 N–H and O–H groups in total. The van der Waals surface area contributed by atoms with Gasteiger partial charge in [0.15, 0.2) is 0 Å². The molecule has 0 saturated carbocycles. The third-order valence-corrected chi connectivity index (χ3v) is 7.26. The SMILES string of the molecule is COc1cccc(-c2cc(C(C)(C)C)cc(C(C)(C)C)c2O)c1C1C(C)=C(C)C(C)=C1C. The zero-order chi connectivity index (χ0) is 24.2. The van der Waals surface area contributed by atoms with E-state index in [4.69, 9.17) is 4.74 Å². The van der Waals surface area contributed by atoms with Crippen LogP contribution in [-0.4, -0.2) is 12.2 Å². The Morgan fingerprint density at radius 3 is 1.81 bits per heavy atom. The summed E-state index contributed by atoms with van der Waals surface area (Å²) in [6.07, 6.45) is 0. The lowest BCUT2D eigenvalue weighted by molar-refractivity contribution is 0.409. The highest BCUT2D eigenvalue weighted by Gasteiger charge is 2.32. The lowest BCUT2D eigenvalue weighted by Crippen LogP contribution is -2.17. The molecule has 0 aromatic heterocycles. The van der Waals surface area contributed by atoms with Crippen molar-refractivity contribution in [3.63, 3.8) is 0 Å². The average Bonchev–Trinajstić information content (AvgIpc) is 2.88. The second-order valence-corrected chi connectivity index (χ2v) is 11.4.